The van der Waals surface area contributed by atoms with E-state index in [0.29, 0.717) is 17.1 Å². The number of halogens is 2. The normalized spacial score (nSPS) is 18.3. The van der Waals surface area contributed by atoms with E-state index < -0.39 is 0 Å². The van der Waals surface area contributed by atoms with Gasteiger partial charge in [0.1, 0.15) is 11.6 Å². The molecule has 0 aliphatic carbocycles. The Morgan fingerprint density at radius 3 is 2.32 bits per heavy atom. The molecule has 0 saturated carbocycles. The number of rotatable bonds is 5. The Labute approximate surface area is 188 Å². The molecular weight excluding hydrogens is 417 g/mol. The van der Waals surface area contributed by atoms with Gasteiger partial charge in [-0.2, -0.15) is 0 Å². The highest BCUT2D eigenvalue weighted by Crippen LogP contribution is 2.26. The summed E-state index contributed by atoms with van der Waals surface area (Å²) in [4.78, 5) is 19.6. The van der Waals surface area contributed by atoms with E-state index in [2.05, 4.69) is 21.9 Å². The molecule has 2 aromatic rings. The van der Waals surface area contributed by atoms with E-state index >= 15 is 0 Å². The van der Waals surface area contributed by atoms with Gasteiger partial charge in [-0.3, -0.25) is 9.69 Å². The Kier molecular flexibility index (Phi) is 6.98. The summed E-state index contributed by atoms with van der Waals surface area (Å²) in [5, 5.41) is 0.466. The molecule has 0 N–H and O–H groups in total. The second-order valence-electron chi connectivity index (χ2n) is 8.26. The van der Waals surface area contributed by atoms with Gasteiger partial charge in [-0.05, 0) is 62.3 Å². The summed E-state index contributed by atoms with van der Waals surface area (Å²) >= 11 is 6.16. The van der Waals surface area contributed by atoms with Crippen molar-refractivity contribution in [3.63, 3.8) is 0 Å². The van der Waals surface area contributed by atoms with Crippen LogP contribution in [0.15, 0.2) is 42.5 Å². The topological polar surface area (TPSA) is 36.0 Å². The third-order valence-corrected chi connectivity index (χ3v) is 6.76. The van der Waals surface area contributed by atoms with Gasteiger partial charge in [-0.25, -0.2) is 4.39 Å². The smallest absolute Gasteiger partial charge is 0.225 e. The summed E-state index contributed by atoms with van der Waals surface area (Å²) in [7, 11) is 1.67. The van der Waals surface area contributed by atoms with Gasteiger partial charge < -0.3 is 14.5 Å². The molecule has 166 valence electrons. The molecule has 0 bridgehead atoms. The van der Waals surface area contributed by atoms with Gasteiger partial charge in [-0.1, -0.05) is 17.7 Å². The van der Waals surface area contributed by atoms with Crippen LogP contribution in [0.5, 0.6) is 5.75 Å². The van der Waals surface area contributed by atoms with Crippen LogP contribution < -0.4 is 9.64 Å². The van der Waals surface area contributed by atoms with Gasteiger partial charge in [-0.15, -0.1) is 0 Å². The number of methoxy groups -OCH3 is 1. The molecule has 7 heteroatoms. The number of nitrogens with zero attached hydrogens (tertiary/aromatic N) is 3. The van der Waals surface area contributed by atoms with Crippen LogP contribution in [-0.2, 0) is 11.3 Å². The zero-order valence-corrected chi connectivity index (χ0v) is 18.7. The summed E-state index contributed by atoms with van der Waals surface area (Å²) in [6.07, 6.45) is 1.62. The van der Waals surface area contributed by atoms with Crippen LogP contribution in [0, 0.1) is 11.7 Å². The first kappa shape index (κ1) is 21.9. The molecule has 1 amide bonds. The average Bonchev–Trinajstić information content (AvgIpc) is 2.82. The molecule has 2 fully saturated rings. The predicted octanol–water partition coefficient (Wildman–Crippen LogP) is 4.05. The summed E-state index contributed by atoms with van der Waals surface area (Å²) in [5.41, 5.74) is 1.71. The third kappa shape index (κ3) is 5.13. The Morgan fingerprint density at radius 2 is 1.71 bits per heavy atom. The molecule has 0 aromatic heterocycles. The fraction of sp³-hybridized carbons (Fsp3) is 0.458. The number of likely N-dealkylation sites (tertiary alicyclic amines) is 1. The van der Waals surface area contributed by atoms with Crippen LogP contribution in [-0.4, -0.2) is 62.1 Å². The Bertz CT molecular complexity index is 872. The Morgan fingerprint density at radius 1 is 1.03 bits per heavy atom. The van der Waals surface area contributed by atoms with E-state index in [1.165, 1.54) is 6.07 Å². The Hall–Kier alpha value is -2.31. The lowest BCUT2D eigenvalue weighted by molar-refractivity contribution is -0.137. The van der Waals surface area contributed by atoms with E-state index in [4.69, 9.17) is 16.3 Å². The van der Waals surface area contributed by atoms with Crippen LogP contribution in [0.2, 0.25) is 5.02 Å². The fourth-order valence-corrected chi connectivity index (χ4v) is 4.70. The van der Waals surface area contributed by atoms with Crippen molar-refractivity contribution in [1.82, 2.24) is 9.80 Å². The minimum Gasteiger partial charge on any atom is -0.497 e. The number of piperazine rings is 1. The number of carbonyl (C=O) groups is 1. The highest BCUT2D eigenvalue weighted by molar-refractivity contribution is 6.31. The van der Waals surface area contributed by atoms with Crippen LogP contribution >= 0.6 is 11.6 Å². The maximum absolute atomic E-state index is 14.1. The first-order chi connectivity index (χ1) is 15.0. The first-order valence-corrected chi connectivity index (χ1v) is 11.3. The molecule has 5 nitrogen and oxygen atoms in total. The molecule has 0 spiro atoms. The van der Waals surface area contributed by atoms with Crippen molar-refractivity contribution in [2.75, 3.05) is 51.3 Å². The number of carbonyl (C=O) groups excluding carboxylic acids is 1. The second kappa shape index (κ2) is 9.88. The molecule has 2 aliphatic rings. The SMILES string of the molecule is COc1ccc(N2CCN(C(=O)C3CCN(Cc4c(F)cccc4Cl)CC3)CC2)cc1. The number of amides is 1. The molecule has 2 aromatic carbocycles. The zero-order valence-electron chi connectivity index (χ0n) is 17.9. The fourth-order valence-electron chi connectivity index (χ4n) is 4.48. The van der Waals surface area contributed by atoms with Gasteiger partial charge in [0.2, 0.25) is 5.91 Å². The molecule has 0 radical (unpaired) electrons. The minimum absolute atomic E-state index is 0.0554. The van der Waals surface area contributed by atoms with Crippen molar-refractivity contribution in [1.29, 1.82) is 0 Å². The lowest BCUT2D eigenvalue weighted by Gasteiger charge is -2.39. The van der Waals surface area contributed by atoms with Gasteiger partial charge >= 0.3 is 0 Å². The molecule has 2 saturated heterocycles. The van der Waals surface area contributed by atoms with Crippen molar-refractivity contribution in [3.8, 4) is 5.75 Å². The van der Waals surface area contributed by atoms with E-state index in [-0.39, 0.29) is 17.6 Å². The molecule has 2 heterocycles. The zero-order chi connectivity index (χ0) is 21.8. The number of anilines is 1. The molecule has 0 atom stereocenters. The molecule has 4 rings (SSSR count). The summed E-state index contributed by atoms with van der Waals surface area (Å²) < 4.78 is 19.3. The quantitative estimate of drug-likeness (QED) is 0.695. The third-order valence-electron chi connectivity index (χ3n) is 6.41. The number of hydrogen-bond acceptors (Lipinski definition) is 4. The standard InChI is InChI=1S/C24H29ClFN3O2/c1-31-20-7-5-19(6-8-20)28-13-15-29(16-14-28)24(30)18-9-11-27(12-10-18)17-21-22(25)3-2-4-23(21)26/h2-8,18H,9-17H2,1H3. The van der Waals surface area contributed by atoms with Crippen LogP contribution in [0.3, 0.4) is 0 Å². The van der Waals surface area contributed by atoms with Crippen molar-refractivity contribution in [2.24, 2.45) is 5.92 Å². The van der Waals surface area contributed by atoms with Crippen LogP contribution in [0.1, 0.15) is 18.4 Å². The second-order valence-corrected chi connectivity index (χ2v) is 8.67. The largest absolute Gasteiger partial charge is 0.497 e. The van der Waals surface area contributed by atoms with Crippen molar-refractivity contribution in [3.05, 3.63) is 58.9 Å². The van der Waals surface area contributed by atoms with E-state index in [9.17, 15) is 9.18 Å². The van der Waals surface area contributed by atoms with Crippen molar-refractivity contribution in [2.45, 2.75) is 19.4 Å². The van der Waals surface area contributed by atoms with Gasteiger partial charge in [0.25, 0.3) is 0 Å². The Balaban J connectivity index is 1.25. The number of benzene rings is 2. The average molecular weight is 446 g/mol. The van der Waals surface area contributed by atoms with Gasteiger partial charge in [0, 0.05) is 54.9 Å². The number of piperidine rings is 1. The number of hydrogen-bond donors (Lipinski definition) is 0. The van der Waals surface area contributed by atoms with Crippen LogP contribution in [0.25, 0.3) is 0 Å². The van der Waals surface area contributed by atoms with E-state index in [0.717, 1.165) is 63.5 Å². The highest BCUT2D eigenvalue weighted by atomic mass is 35.5. The van der Waals surface area contributed by atoms with E-state index in [1.807, 2.05) is 17.0 Å². The first-order valence-electron chi connectivity index (χ1n) is 10.9. The van der Waals surface area contributed by atoms with Crippen LogP contribution in [0.4, 0.5) is 10.1 Å². The summed E-state index contributed by atoms with van der Waals surface area (Å²) in [6.45, 7) is 5.23. The van der Waals surface area contributed by atoms with E-state index in [1.54, 1.807) is 19.2 Å². The van der Waals surface area contributed by atoms with Crippen molar-refractivity contribution < 1.29 is 13.9 Å². The van der Waals surface area contributed by atoms with Gasteiger partial charge in [0.15, 0.2) is 0 Å². The molecule has 2 aliphatic heterocycles. The number of ether oxygens (including phenoxy) is 1. The predicted molar refractivity (Wildman–Crippen MR) is 121 cm³/mol. The van der Waals surface area contributed by atoms with Gasteiger partial charge in [0.05, 0.1) is 7.11 Å². The van der Waals surface area contributed by atoms with Crippen molar-refractivity contribution >= 4 is 23.2 Å². The monoisotopic (exact) mass is 445 g/mol. The summed E-state index contributed by atoms with van der Waals surface area (Å²) in [6, 6.07) is 12.9. The molecular formula is C24H29ClFN3O2. The minimum atomic E-state index is -0.263. The summed E-state index contributed by atoms with van der Waals surface area (Å²) in [5.74, 6) is 0.902. The maximum atomic E-state index is 14.1. The lowest BCUT2D eigenvalue weighted by Crippen LogP contribution is -2.51. The molecule has 0 unspecified atom stereocenters. The lowest BCUT2D eigenvalue weighted by atomic mass is 9.94. The maximum Gasteiger partial charge on any atom is 0.225 e. The molecule has 31 heavy (non-hydrogen) atoms. The highest BCUT2D eigenvalue weighted by Gasteiger charge is 2.30.